The van der Waals surface area contributed by atoms with Crippen LogP contribution >= 0.6 is 27.7 Å². The van der Waals surface area contributed by atoms with Gasteiger partial charge in [-0.1, -0.05) is 76.2 Å². The molecule has 1 amide bonds. The summed E-state index contributed by atoms with van der Waals surface area (Å²) in [5.74, 6) is 0.0477. The van der Waals surface area contributed by atoms with Crippen molar-refractivity contribution in [1.29, 1.82) is 0 Å². The van der Waals surface area contributed by atoms with Crippen molar-refractivity contribution >= 4 is 45.0 Å². The number of benzene rings is 2. The van der Waals surface area contributed by atoms with Gasteiger partial charge in [-0.05, 0) is 29.7 Å². The summed E-state index contributed by atoms with van der Waals surface area (Å²) in [7, 11) is 0. The minimum absolute atomic E-state index is 0.0477. The fourth-order valence-electron chi connectivity index (χ4n) is 2.53. The van der Waals surface area contributed by atoms with Crippen molar-refractivity contribution in [3.63, 3.8) is 0 Å². The van der Waals surface area contributed by atoms with Gasteiger partial charge >= 0.3 is 0 Å². The van der Waals surface area contributed by atoms with E-state index >= 15 is 0 Å². The van der Waals surface area contributed by atoms with E-state index in [1.807, 2.05) is 54.6 Å². The summed E-state index contributed by atoms with van der Waals surface area (Å²) in [4.78, 5) is 14.4. The quantitative estimate of drug-likeness (QED) is 0.386. The van der Waals surface area contributed by atoms with Crippen LogP contribution in [0.1, 0.15) is 11.1 Å². The molecule has 0 aliphatic carbocycles. The predicted molar refractivity (Wildman–Crippen MR) is 113 cm³/mol. The molecule has 0 bridgehead atoms. The minimum Gasteiger partial charge on any atom is -0.285 e. The van der Waals surface area contributed by atoms with Crippen molar-refractivity contribution in [2.45, 2.75) is 11.7 Å². The highest BCUT2D eigenvalue weighted by Gasteiger charge is 2.37. The van der Waals surface area contributed by atoms with Crippen LogP contribution in [0.15, 0.2) is 81.9 Å². The van der Waals surface area contributed by atoms with E-state index < -0.39 is 0 Å². The van der Waals surface area contributed by atoms with Crippen LogP contribution in [0.25, 0.3) is 0 Å². The van der Waals surface area contributed by atoms with E-state index in [1.54, 1.807) is 17.2 Å². The van der Waals surface area contributed by atoms with Crippen molar-refractivity contribution in [2.75, 3.05) is 6.54 Å². The van der Waals surface area contributed by atoms with E-state index in [4.69, 9.17) is 0 Å². The van der Waals surface area contributed by atoms with Crippen molar-refractivity contribution in [1.82, 2.24) is 4.90 Å². The Morgan fingerprint density at radius 2 is 1.88 bits per heavy atom. The van der Waals surface area contributed by atoms with E-state index in [0.29, 0.717) is 18.1 Å². The minimum atomic E-state index is -0.193. The third-order valence-electron chi connectivity index (χ3n) is 3.82. The monoisotopic (exact) mass is 427 g/mol. The molecule has 2 aromatic carbocycles. The maximum Gasteiger partial charge on any atom is 0.242 e. The lowest BCUT2D eigenvalue weighted by molar-refractivity contribution is -0.125. The number of halogens is 1. The van der Waals surface area contributed by atoms with E-state index in [1.165, 1.54) is 11.8 Å². The molecule has 4 nitrogen and oxygen atoms in total. The molecule has 1 fully saturated rings. The number of nitrogens with zero attached hydrogens (tertiary/aromatic N) is 3. The van der Waals surface area contributed by atoms with Crippen molar-refractivity contribution < 1.29 is 4.79 Å². The number of amides is 1. The Morgan fingerprint density at radius 3 is 2.58 bits per heavy atom. The largest absolute Gasteiger partial charge is 0.285 e. The molecule has 0 radical (unpaired) electrons. The van der Waals surface area contributed by atoms with E-state index in [0.717, 1.165) is 15.6 Å². The van der Waals surface area contributed by atoms with Gasteiger partial charge in [0.05, 0.1) is 11.5 Å². The van der Waals surface area contributed by atoms with Crippen LogP contribution in [0.3, 0.4) is 0 Å². The number of hydrogen-bond donors (Lipinski definition) is 0. The van der Waals surface area contributed by atoms with E-state index in [2.05, 4.69) is 32.7 Å². The van der Waals surface area contributed by atoms with E-state index in [9.17, 15) is 4.79 Å². The molecule has 1 aliphatic rings. The molecule has 0 unspecified atom stereocenters. The lowest BCUT2D eigenvalue weighted by Crippen LogP contribution is -2.32. The van der Waals surface area contributed by atoms with Gasteiger partial charge in [-0.15, -0.1) is 11.7 Å². The second-order valence-electron chi connectivity index (χ2n) is 5.71. The highest BCUT2D eigenvalue weighted by molar-refractivity contribution is 9.10. The molecule has 0 N–H and O–H groups in total. The second-order valence-corrected chi connectivity index (χ2v) is 7.80. The Labute approximate surface area is 165 Å². The molecule has 3 rings (SSSR count). The van der Waals surface area contributed by atoms with Gasteiger partial charge in [0.1, 0.15) is 0 Å². The van der Waals surface area contributed by atoms with Crippen LogP contribution in [-0.2, 0) is 11.2 Å². The predicted octanol–water partition coefficient (Wildman–Crippen LogP) is 4.51. The van der Waals surface area contributed by atoms with Gasteiger partial charge in [-0.3, -0.25) is 9.69 Å². The van der Waals surface area contributed by atoms with Crippen molar-refractivity contribution in [3.8, 4) is 0 Å². The number of thioether (sulfide) groups is 1. The summed E-state index contributed by atoms with van der Waals surface area (Å²) < 4.78 is 1.03. The number of carbonyl (C=O) groups excluding carboxylic acids is 1. The Balaban J connectivity index is 1.75. The lowest BCUT2D eigenvalue weighted by Gasteiger charge is -2.12. The standard InChI is InChI=1S/C20H18BrN3OS/c1-2-12-24-19(25)18(13-15-8-10-17(21)11-9-15)26-20(24)23-22-14-16-6-4-3-5-7-16/h2-11,14,18H,1,12-13H2/b22-14-,23-20+/t18-/m1/s1. The van der Waals surface area contributed by atoms with Crippen LogP contribution in [0.4, 0.5) is 0 Å². The summed E-state index contributed by atoms with van der Waals surface area (Å²) in [5.41, 5.74) is 2.08. The molecule has 0 spiro atoms. The third-order valence-corrected chi connectivity index (χ3v) is 5.51. The fraction of sp³-hybridized carbons (Fsp3) is 0.150. The van der Waals surface area contributed by atoms with Gasteiger partial charge < -0.3 is 0 Å². The number of carbonyl (C=O) groups is 1. The highest BCUT2D eigenvalue weighted by atomic mass is 79.9. The molecule has 6 heteroatoms. The zero-order valence-electron chi connectivity index (χ0n) is 14.1. The van der Waals surface area contributed by atoms with Crippen LogP contribution in [-0.4, -0.2) is 34.0 Å². The van der Waals surface area contributed by atoms with Gasteiger partial charge in [-0.2, -0.15) is 5.10 Å². The van der Waals surface area contributed by atoms with Crippen LogP contribution in [0.2, 0.25) is 0 Å². The molecule has 1 atom stereocenters. The summed E-state index contributed by atoms with van der Waals surface area (Å²) in [5, 5.41) is 8.85. The third kappa shape index (κ3) is 4.71. The Hall–Kier alpha value is -2.18. The molecule has 1 heterocycles. The summed E-state index contributed by atoms with van der Waals surface area (Å²) in [6.07, 6.45) is 4.05. The topological polar surface area (TPSA) is 45.0 Å². The number of amidine groups is 1. The number of rotatable bonds is 6. The van der Waals surface area contributed by atoms with Crippen LogP contribution < -0.4 is 0 Å². The van der Waals surface area contributed by atoms with Crippen LogP contribution in [0, 0.1) is 0 Å². The van der Waals surface area contributed by atoms with E-state index in [-0.39, 0.29) is 11.2 Å². The zero-order chi connectivity index (χ0) is 18.4. The smallest absolute Gasteiger partial charge is 0.242 e. The molecule has 0 saturated carbocycles. The second kappa shape index (κ2) is 8.96. The maximum absolute atomic E-state index is 12.7. The summed E-state index contributed by atoms with van der Waals surface area (Å²) in [6.45, 7) is 4.17. The van der Waals surface area contributed by atoms with Gasteiger partial charge in [0.15, 0.2) is 5.17 Å². The fourth-order valence-corrected chi connectivity index (χ4v) is 3.94. The maximum atomic E-state index is 12.7. The molecule has 2 aromatic rings. The Kier molecular flexibility index (Phi) is 6.41. The first-order chi connectivity index (χ1) is 12.7. The van der Waals surface area contributed by atoms with Crippen molar-refractivity contribution in [2.24, 2.45) is 10.2 Å². The summed E-state index contributed by atoms with van der Waals surface area (Å²) in [6, 6.07) is 17.8. The molecule has 26 heavy (non-hydrogen) atoms. The number of hydrogen-bond acceptors (Lipinski definition) is 4. The Bertz CT molecular complexity index is 834. The molecule has 1 saturated heterocycles. The normalized spacial score (nSPS) is 18.8. The van der Waals surface area contributed by atoms with Gasteiger partial charge in [-0.25, -0.2) is 0 Å². The van der Waals surface area contributed by atoms with Gasteiger partial charge in [0.2, 0.25) is 5.91 Å². The Morgan fingerprint density at radius 1 is 1.15 bits per heavy atom. The average molecular weight is 428 g/mol. The first-order valence-corrected chi connectivity index (χ1v) is 9.84. The highest BCUT2D eigenvalue weighted by Crippen LogP contribution is 2.30. The zero-order valence-corrected chi connectivity index (χ0v) is 16.5. The van der Waals surface area contributed by atoms with Crippen LogP contribution in [0.5, 0.6) is 0 Å². The molecule has 132 valence electrons. The lowest BCUT2D eigenvalue weighted by atomic mass is 10.1. The van der Waals surface area contributed by atoms with Crippen molar-refractivity contribution in [3.05, 3.63) is 82.9 Å². The average Bonchev–Trinajstić information content (AvgIpc) is 2.94. The summed E-state index contributed by atoms with van der Waals surface area (Å²) >= 11 is 4.89. The molecule has 1 aliphatic heterocycles. The molecular weight excluding hydrogens is 410 g/mol. The first kappa shape index (κ1) is 18.6. The van der Waals surface area contributed by atoms with Gasteiger partial charge in [0.25, 0.3) is 0 Å². The molecular formula is C20H18BrN3OS. The van der Waals surface area contributed by atoms with Gasteiger partial charge in [0, 0.05) is 11.0 Å². The first-order valence-electron chi connectivity index (χ1n) is 8.17. The molecule has 0 aromatic heterocycles. The SMILES string of the molecule is C=CCN1C(=O)[C@@H](Cc2ccc(Br)cc2)S/C1=N/N=C\c1ccccc1.